The summed E-state index contributed by atoms with van der Waals surface area (Å²) >= 11 is 0. The third kappa shape index (κ3) is 4.08. The van der Waals surface area contributed by atoms with Gasteiger partial charge in [-0.05, 0) is 57.9 Å². The van der Waals surface area contributed by atoms with Crippen LogP contribution in [0.4, 0.5) is 11.5 Å². The van der Waals surface area contributed by atoms with E-state index in [0.717, 1.165) is 35.7 Å². The Morgan fingerprint density at radius 1 is 1.20 bits per heavy atom. The zero-order valence-electron chi connectivity index (χ0n) is 17.3. The zero-order chi connectivity index (χ0) is 21.3. The van der Waals surface area contributed by atoms with Crippen LogP contribution in [-0.2, 0) is 10.0 Å². The highest BCUT2D eigenvalue weighted by Crippen LogP contribution is 2.32. The van der Waals surface area contributed by atoms with E-state index in [1.54, 1.807) is 20.0 Å². The number of aryl methyl sites for hydroxylation is 3. The first kappa shape index (κ1) is 20.5. The van der Waals surface area contributed by atoms with E-state index in [4.69, 9.17) is 9.51 Å². The number of nitrogens with one attached hydrogen (secondary N) is 1. The molecule has 1 aliphatic rings. The van der Waals surface area contributed by atoms with Crippen molar-refractivity contribution in [2.24, 2.45) is 0 Å². The quantitative estimate of drug-likeness (QED) is 0.662. The summed E-state index contributed by atoms with van der Waals surface area (Å²) < 4.78 is 33.1. The lowest BCUT2D eigenvalue weighted by Crippen LogP contribution is -2.39. The van der Waals surface area contributed by atoms with Crippen LogP contribution in [0.5, 0.6) is 0 Å². The van der Waals surface area contributed by atoms with Crippen molar-refractivity contribution in [2.75, 3.05) is 18.4 Å². The molecule has 0 radical (unpaired) electrons. The molecule has 0 spiro atoms. The van der Waals surface area contributed by atoms with E-state index in [1.807, 2.05) is 37.3 Å². The monoisotopic (exact) mass is 427 g/mol. The lowest BCUT2D eigenvalue weighted by atomic mass is 9.95. The summed E-state index contributed by atoms with van der Waals surface area (Å²) in [5, 5.41) is 7.11. The minimum atomic E-state index is -3.67. The Morgan fingerprint density at radius 2 is 2.03 bits per heavy atom. The molecule has 0 aromatic carbocycles. The summed E-state index contributed by atoms with van der Waals surface area (Å²) in [6.45, 7) is 6.09. The van der Waals surface area contributed by atoms with Gasteiger partial charge in [-0.2, -0.15) is 4.31 Å². The van der Waals surface area contributed by atoms with Crippen LogP contribution in [0.15, 0.2) is 45.9 Å². The smallest absolute Gasteiger partial charge is 0.248 e. The molecule has 0 saturated carbocycles. The van der Waals surface area contributed by atoms with E-state index in [1.165, 1.54) is 4.31 Å². The molecular weight excluding hydrogens is 402 g/mol. The maximum Gasteiger partial charge on any atom is 0.248 e. The second-order valence-corrected chi connectivity index (χ2v) is 9.49. The Hall–Kier alpha value is -2.78. The molecule has 0 aliphatic carbocycles. The van der Waals surface area contributed by atoms with Gasteiger partial charge in [0.1, 0.15) is 16.4 Å². The van der Waals surface area contributed by atoms with Gasteiger partial charge >= 0.3 is 0 Å². The van der Waals surface area contributed by atoms with E-state index >= 15 is 0 Å². The van der Waals surface area contributed by atoms with Crippen molar-refractivity contribution in [3.8, 4) is 0 Å². The minimum Gasteiger partial charge on any atom is -0.360 e. The van der Waals surface area contributed by atoms with Gasteiger partial charge in [-0.25, -0.2) is 13.4 Å². The standard InChI is InChI=1S/C21H25N5O3S/c1-14-11-18(24-20-8-4-5-9-22-20)12-19(23-14)17-7-6-10-26(13-17)30(27,28)21-15(2)25-29-16(21)3/h4-5,8-9,11-12,17H,6-7,10,13H2,1-3H3,(H,22,23,24)/t17-/m1/s1. The molecule has 30 heavy (non-hydrogen) atoms. The van der Waals surface area contributed by atoms with E-state index < -0.39 is 10.0 Å². The molecule has 0 amide bonds. The molecule has 1 aliphatic heterocycles. The summed E-state index contributed by atoms with van der Waals surface area (Å²) in [6, 6.07) is 9.62. The molecule has 4 rings (SSSR count). The van der Waals surface area contributed by atoms with Crippen LogP contribution >= 0.6 is 0 Å². The van der Waals surface area contributed by atoms with E-state index in [9.17, 15) is 8.42 Å². The van der Waals surface area contributed by atoms with Crippen LogP contribution in [0, 0.1) is 20.8 Å². The van der Waals surface area contributed by atoms with Crippen LogP contribution in [0.25, 0.3) is 0 Å². The molecule has 8 nitrogen and oxygen atoms in total. The Balaban J connectivity index is 1.59. The molecule has 1 fully saturated rings. The van der Waals surface area contributed by atoms with Gasteiger partial charge in [0.25, 0.3) is 0 Å². The Morgan fingerprint density at radius 3 is 2.73 bits per heavy atom. The van der Waals surface area contributed by atoms with E-state index in [-0.39, 0.29) is 10.8 Å². The highest BCUT2D eigenvalue weighted by atomic mass is 32.2. The van der Waals surface area contributed by atoms with Crippen molar-refractivity contribution in [1.29, 1.82) is 0 Å². The number of pyridine rings is 2. The number of rotatable bonds is 5. The fourth-order valence-electron chi connectivity index (χ4n) is 3.93. The van der Waals surface area contributed by atoms with Crippen LogP contribution < -0.4 is 5.32 Å². The predicted molar refractivity (Wildman–Crippen MR) is 113 cm³/mol. The predicted octanol–water partition coefficient (Wildman–Crippen LogP) is 3.70. The summed E-state index contributed by atoms with van der Waals surface area (Å²) in [5.41, 5.74) is 3.04. The van der Waals surface area contributed by atoms with Gasteiger partial charge in [0.05, 0.1) is 0 Å². The summed E-state index contributed by atoms with van der Waals surface area (Å²) in [4.78, 5) is 9.18. The molecule has 158 valence electrons. The molecule has 0 unspecified atom stereocenters. The lowest BCUT2D eigenvalue weighted by Gasteiger charge is -2.31. The molecule has 0 bridgehead atoms. The number of piperidine rings is 1. The summed E-state index contributed by atoms with van der Waals surface area (Å²) in [6.07, 6.45) is 3.38. The van der Waals surface area contributed by atoms with Gasteiger partial charge in [-0.1, -0.05) is 11.2 Å². The Kier molecular flexibility index (Phi) is 5.57. The Bertz CT molecular complexity index is 1130. The third-order valence-electron chi connectivity index (χ3n) is 5.28. The second kappa shape index (κ2) is 8.16. The number of hydrogen-bond donors (Lipinski definition) is 1. The van der Waals surface area contributed by atoms with Gasteiger partial charge in [-0.15, -0.1) is 0 Å². The van der Waals surface area contributed by atoms with Crippen molar-refractivity contribution in [2.45, 2.75) is 44.4 Å². The van der Waals surface area contributed by atoms with Crippen molar-refractivity contribution in [1.82, 2.24) is 19.4 Å². The highest BCUT2D eigenvalue weighted by Gasteiger charge is 2.35. The van der Waals surface area contributed by atoms with E-state index in [2.05, 4.69) is 15.5 Å². The minimum absolute atomic E-state index is 0.0122. The first-order chi connectivity index (χ1) is 14.3. The van der Waals surface area contributed by atoms with Crippen molar-refractivity contribution in [3.05, 3.63) is 59.4 Å². The zero-order valence-corrected chi connectivity index (χ0v) is 18.1. The van der Waals surface area contributed by atoms with Crippen LogP contribution in [0.1, 0.15) is 41.6 Å². The number of sulfonamides is 1. The average Bonchev–Trinajstić information content (AvgIpc) is 3.07. The van der Waals surface area contributed by atoms with Crippen LogP contribution in [0.2, 0.25) is 0 Å². The fraction of sp³-hybridized carbons (Fsp3) is 0.381. The second-order valence-electron chi connectivity index (χ2n) is 7.62. The molecular formula is C21H25N5O3S. The topological polar surface area (TPSA) is 101 Å². The molecule has 1 saturated heterocycles. The normalized spacial score (nSPS) is 17.8. The maximum absolute atomic E-state index is 13.2. The summed E-state index contributed by atoms with van der Waals surface area (Å²) in [7, 11) is -3.67. The van der Waals surface area contributed by atoms with Crippen molar-refractivity contribution >= 4 is 21.5 Å². The number of nitrogens with zero attached hydrogens (tertiary/aromatic N) is 4. The van der Waals surface area contributed by atoms with Gasteiger partial charge in [0.15, 0.2) is 5.76 Å². The molecule has 9 heteroatoms. The number of aromatic nitrogens is 3. The summed E-state index contributed by atoms with van der Waals surface area (Å²) in [5.74, 6) is 1.09. The first-order valence-corrected chi connectivity index (χ1v) is 11.4. The molecule has 4 heterocycles. The van der Waals surface area contributed by atoms with Gasteiger partial charge in [-0.3, -0.25) is 4.98 Å². The Labute approximate surface area is 176 Å². The highest BCUT2D eigenvalue weighted by molar-refractivity contribution is 7.89. The molecule has 3 aromatic heterocycles. The first-order valence-electron chi connectivity index (χ1n) is 9.94. The number of anilines is 2. The molecule has 3 aromatic rings. The van der Waals surface area contributed by atoms with Gasteiger partial charge < -0.3 is 9.84 Å². The van der Waals surface area contributed by atoms with Gasteiger partial charge in [0, 0.05) is 42.3 Å². The lowest BCUT2D eigenvalue weighted by molar-refractivity contribution is 0.312. The number of hydrogen-bond acceptors (Lipinski definition) is 7. The fourth-order valence-corrected chi connectivity index (χ4v) is 5.75. The molecule has 1 N–H and O–H groups in total. The molecule has 1 atom stereocenters. The van der Waals surface area contributed by atoms with Crippen molar-refractivity contribution < 1.29 is 12.9 Å². The average molecular weight is 428 g/mol. The maximum atomic E-state index is 13.2. The third-order valence-corrected chi connectivity index (χ3v) is 7.39. The SMILES string of the molecule is Cc1cc(Nc2ccccn2)cc([C@@H]2CCCN(S(=O)(=O)c3c(C)noc3C)C2)n1. The largest absolute Gasteiger partial charge is 0.360 e. The van der Waals surface area contributed by atoms with Crippen LogP contribution in [0.3, 0.4) is 0 Å². The van der Waals surface area contributed by atoms with Crippen molar-refractivity contribution in [3.63, 3.8) is 0 Å². The van der Waals surface area contributed by atoms with E-state index in [0.29, 0.717) is 24.5 Å². The van der Waals surface area contributed by atoms with Crippen LogP contribution in [-0.4, -0.2) is 40.9 Å². The van der Waals surface area contributed by atoms with Gasteiger partial charge in [0.2, 0.25) is 10.0 Å².